The smallest absolute Gasteiger partial charge is 0.241 e. The molecule has 0 bridgehead atoms. The van der Waals surface area contributed by atoms with Crippen molar-refractivity contribution in [2.45, 2.75) is 44.2 Å². The van der Waals surface area contributed by atoms with Gasteiger partial charge in [0, 0.05) is 37.7 Å². The highest BCUT2D eigenvalue weighted by Crippen LogP contribution is 2.33. The Hall–Kier alpha value is -1.99. The minimum absolute atomic E-state index is 0.130. The van der Waals surface area contributed by atoms with Gasteiger partial charge in [-0.3, -0.25) is 20.0 Å². The van der Waals surface area contributed by atoms with Crippen molar-refractivity contribution >= 4 is 11.8 Å². The summed E-state index contributed by atoms with van der Waals surface area (Å²) in [7, 11) is 0. The molecule has 3 N–H and O–H groups in total. The van der Waals surface area contributed by atoms with E-state index in [4.69, 9.17) is 0 Å². The third-order valence-corrected chi connectivity index (χ3v) is 5.63. The van der Waals surface area contributed by atoms with Crippen LogP contribution in [0.4, 0.5) is 0 Å². The molecule has 2 amide bonds. The summed E-state index contributed by atoms with van der Waals surface area (Å²) in [6.07, 6.45) is 6.51. The predicted molar refractivity (Wildman–Crippen MR) is 96.7 cm³/mol. The maximum Gasteiger partial charge on any atom is 0.241 e. The Balaban J connectivity index is 1.48. The van der Waals surface area contributed by atoms with Crippen molar-refractivity contribution in [2.24, 2.45) is 11.8 Å². The number of hydrogen-bond donors (Lipinski definition) is 3. The molecule has 3 heterocycles. The predicted octanol–water partition coefficient (Wildman–Crippen LogP) is 0.754. The molecule has 1 saturated carbocycles. The standard InChI is InChI=1S/C19H27N5O2/c25-18(13-6-7-13)22-17(15-5-1-2-9-20-15)14-4-3-11-24(12-14)19(26)16-8-10-21-23-16/h1-2,5,9,13-14,16-17,21,23H,3-4,6-8,10-12H2,(H,22,25). The van der Waals surface area contributed by atoms with Gasteiger partial charge in [-0.1, -0.05) is 6.07 Å². The number of hydrazine groups is 1. The van der Waals surface area contributed by atoms with Gasteiger partial charge in [-0.15, -0.1) is 0 Å². The fourth-order valence-electron chi connectivity index (χ4n) is 3.98. The first-order valence-corrected chi connectivity index (χ1v) is 9.71. The Morgan fingerprint density at radius 2 is 2.12 bits per heavy atom. The van der Waals surface area contributed by atoms with E-state index in [9.17, 15) is 9.59 Å². The van der Waals surface area contributed by atoms with E-state index < -0.39 is 0 Å². The second-order valence-electron chi connectivity index (χ2n) is 7.61. The van der Waals surface area contributed by atoms with Crippen molar-refractivity contribution in [1.82, 2.24) is 26.1 Å². The number of amides is 2. The van der Waals surface area contributed by atoms with Gasteiger partial charge in [0.1, 0.15) is 6.04 Å². The summed E-state index contributed by atoms with van der Waals surface area (Å²) in [6, 6.07) is 5.55. The van der Waals surface area contributed by atoms with Crippen LogP contribution >= 0.6 is 0 Å². The quantitative estimate of drug-likeness (QED) is 0.724. The molecule has 1 aliphatic carbocycles. The van der Waals surface area contributed by atoms with Crippen LogP contribution in [0.15, 0.2) is 24.4 Å². The van der Waals surface area contributed by atoms with E-state index in [1.54, 1.807) is 6.20 Å². The van der Waals surface area contributed by atoms with E-state index in [-0.39, 0.29) is 35.7 Å². The van der Waals surface area contributed by atoms with E-state index in [0.29, 0.717) is 6.54 Å². The van der Waals surface area contributed by atoms with E-state index in [1.807, 2.05) is 23.1 Å². The first kappa shape index (κ1) is 17.4. The van der Waals surface area contributed by atoms with Crippen molar-refractivity contribution in [3.8, 4) is 0 Å². The van der Waals surface area contributed by atoms with Crippen molar-refractivity contribution in [1.29, 1.82) is 0 Å². The molecular formula is C19H27N5O2. The van der Waals surface area contributed by atoms with Crippen LogP contribution < -0.4 is 16.2 Å². The van der Waals surface area contributed by atoms with Gasteiger partial charge in [0.15, 0.2) is 0 Å². The molecule has 1 aromatic heterocycles. The van der Waals surface area contributed by atoms with Gasteiger partial charge in [-0.05, 0) is 44.2 Å². The maximum atomic E-state index is 12.8. The van der Waals surface area contributed by atoms with Gasteiger partial charge < -0.3 is 10.2 Å². The Labute approximate surface area is 153 Å². The number of rotatable bonds is 5. The van der Waals surface area contributed by atoms with Crippen LogP contribution in [0.25, 0.3) is 0 Å². The fraction of sp³-hybridized carbons (Fsp3) is 0.632. The lowest BCUT2D eigenvalue weighted by Crippen LogP contribution is -2.51. The van der Waals surface area contributed by atoms with Gasteiger partial charge in [0.25, 0.3) is 0 Å². The van der Waals surface area contributed by atoms with E-state index >= 15 is 0 Å². The van der Waals surface area contributed by atoms with Crippen molar-refractivity contribution < 1.29 is 9.59 Å². The summed E-state index contributed by atoms with van der Waals surface area (Å²) >= 11 is 0. The lowest BCUT2D eigenvalue weighted by Gasteiger charge is -2.38. The number of nitrogens with one attached hydrogen (secondary N) is 3. The largest absolute Gasteiger partial charge is 0.347 e. The summed E-state index contributed by atoms with van der Waals surface area (Å²) in [6.45, 7) is 2.28. The number of carbonyl (C=O) groups excluding carboxylic acids is 2. The topological polar surface area (TPSA) is 86.4 Å². The number of piperidine rings is 1. The first-order valence-electron chi connectivity index (χ1n) is 9.71. The molecule has 4 rings (SSSR count). The van der Waals surface area contributed by atoms with E-state index in [0.717, 1.165) is 50.9 Å². The molecule has 2 aliphatic heterocycles. The van der Waals surface area contributed by atoms with Crippen LogP contribution in [0, 0.1) is 11.8 Å². The van der Waals surface area contributed by atoms with Crippen LogP contribution in [-0.2, 0) is 9.59 Å². The summed E-state index contributed by atoms with van der Waals surface area (Å²) in [5, 5.41) is 3.23. The van der Waals surface area contributed by atoms with Gasteiger partial charge in [0.05, 0.1) is 11.7 Å². The van der Waals surface area contributed by atoms with Crippen LogP contribution in [-0.4, -0.2) is 47.4 Å². The molecule has 1 aromatic rings. The zero-order chi connectivity index (χ0) is 17.9. The van der Waals surface area contributed by atoms with Crippen LogP contribution in [0.1, 0.15) is 43.8 Å². The lowest BCUT2D eigenvalue weighted by molar-refractivity contribution is -0.135. The molecule has 3 aliphatic rings. The molecular weight excluding hydrogens is 330 g/mol. The summed E-state index contributed by atoms with van der Waals surface area (Å²) < 4.78 is 0. The molecule has 3 atom stereocenters. The first-order chi connectivity index (χ1) is 12.7. The molecule has 3 fully saturated rings. The number of hydrogen-bond acceptors (Lipinski definition) is 5. The molecule has 0 aromatic carbocycles. The Morgan fingerprint density at radius 1 is 1.23 bits per heavy atom. The number of likely N-dealkylation sites (tertiary alicyclic amines) is 1. The molecule has 140 valence electrons. The molecule has 0 radical (unpaired) electrons. The molecule has 0 spiro atoms. The van der Waals surface area contributed by atoms with Crippen molar-refractivity contribution in [2.75, 3.05) is 19.6 Å². The fourth-order valence-corrected chi connectivity index (χ4v) is 3.98. The van der Waals surface area contributed by atoms with E-state index in [2.05, 4.69) is 21.2 Å². The summed E-state index contributed by atoms with van der Waals surface area (Å²) in [5.41, 5.74) is 6.98. The maximum absolute atomic E-state index is 12.8. The molecule has 2 saturated heterocycles. The number of nitrogens with zero attached hydrogens (tertiary/aromatic N) is 2. The SMILES string of the molecule is O=C(NC(c1ccccn1)C1CCCN(C(=O)C2CCNN2)C1)C1CC1. The Kier molecular flexibility index (Phi) is 5.17. The molecule has 3 unspecified atom stereocenters. The highest BCUT2D eigenvalue weighted by Gasteiger charge is 2.37. The number of carbonyl (C=O) groups is 2. The third kappa shape index (κ3) is 3.88. The molecule has 26 heavy (non-hydrogen) atoms. The second-order valence-corrected chi connectivity index (χ2v) is 7.61. The van der Waals surface area contributed by atoms with Crippen molar-refractivity contribution in [3.05, 3.63) is 30.1 Å². The normalized spacial score (nSPS) is 27.2. The van der Waals surface area contributed by atoms with Gasteiger partial charge >= 0.3 is 0 Å². The van der Waals surface area contributed by atoms with Gasteiger partial charge in [0.2, 0.25) is 11.8 Å². The average Bonchev–Trinajstić information content (AvgIpc) is 3.40. The van der Waals surface area contributed by atoms with Crippen LogP contribution in [0.2, 0.25) is 0 Å². The summed E-state index contributed by atoms with van der Waals surface area (Å²) in [4.78, 5) is 31.6. The number of aromatic nitrogens is 1. The molecule has 7 nitrogen and oxygen atoms in total. The second kappa shape index (κ2) is 7.72. The lowest BCUT2D eigenvalue weighted by atomic mass is 9.88. The average molecular weight is 357 g/mol. The monoisotopic (exact) mass is 357 g/mol. The van der Waals surface area contributed by atoms with Crippen LogP contribution in [0.3, 0.4) is 0 Å². The highest BCUT2D eigenvalue weighted by atomic mass is 16.2. The van der Waals surface area contributed by atoms with Gasteiger partial charge in [-0.2, -0.15) is 0 Å². The Bertz CT molecular complexity index is 643. The third-order valence-electron chi connectivity index (χ3n) is 5.63. The zero-order valence-corrected chi connectivity index (χ0v) is 15.0. The Morgan fingerprint density at radius 3 is 2.81 bits per heavy atom. The minimum atomic E-state index is -0.136. The molecule has 7 heteroatoms. The van der Waals surface area contributed by atoms with Gasteiger partial charge in [-0.25, -0.2) is 5.43 Å². The van der Waals surface area contributed by atoms with E-state index in [1.165, 1.54) is 0 Å². The van der Waals surface area contributed by atoms with Crippen molar-refractivity contribution in [3.63, 3.8) is 0 Å². The zero-order valence-electron chi connectivity index (χ0n) is 15.0. The minimum Gasteiger partial charge on any atom is -0.347 e. The highest BCUT2D eigenvalue weighted by molar-refractivity contribution is 5.82. The number of pyridine rings is 1. The summed E-state index contributed by atoms with van der Waals surface area (Å²) in [5.74, 6) is 0.648. The van der Waals surface area contributed by atoms with Crippen LogP contribution in [0.5, 0.6) is 0 Å².